The van der Waals surface area contributed by atoms with Crippen molar-refractivity contribution in [1.82, 2.24) is 0 Å². The largest absolute Gasteiger partial charge is 0.462 e. The van der Waals surface area contributed by atoms with E-state index >= 15 is 0 Å². The number of hydrogen-bond acceptors (Lipinski definition) is 5. The summed E-state index contributed by atoms with van der Waals surface area (Å²) in [6, 6.07) is 10.7. The van der Waals surface area contributed by atoms with Crippen LogP contribution < -0.4 is 0 Å². The molecule has 1 heterocycles. The molecule has 5 heteroatoms. The molecule has 0 aromatic heterocycles. The van der Waals surface area contributed by atoms with Crippen molar-refractivity contribution in [1.29, 1.82) is 0 Å². The van der Waals surface area contributed by atoms with Crippen LogP contribution in [0.1, 0.15) is 111 Å². The second kappa shape index (κ2) is 12.8. The second-order valence-electron chi connectivity index (χ2n) is 14.0. The van der Waals surface area contributed by atoms with E-state index < -0.39 is 5.60 Å². The molecular weight excluding hydrogens is 500 g/mol. The maximum absolute atomic E-state index is 12.8. The molecule has 0 bridgehead atoms. The topological polar surface area (TPSA) is 72.8 Å². The van der Waals surface area contributed by atoms with E-state index in [0.717, 1.165) is 50.5 Å². The first kappa shape index (κ1) is 30.8. The molecule has 1 N–H and O–H groups in total. The Morgan fingerprint density at radius 2 is 1.82 bits per heavy atom. The molecule has 40 heavy (non-hydrogen) atoms. The molecule has 2 fully saturated rings. The predicted molar refractivity (Wildman–Crippen MR) is 159 cm³/mol. The van der Waals surface area contributed by atoms with E-state index in [1.165, 1.54) is 25.3 Å². The molecule has 5 nitrogen and oxygen atoms in total. The Labute approximate surface area is 242 Å². The van der Waals surface area contributed by atoms with E-state index in [0.29, 0.717) is 31.8 Å². The third-order valence-corrected chi connectivity index (χ3v) is 10.7. The summed E-state index contributed by atoms with van der Waals surface area (Å²) in [5, 5.41) is 12.8. The number of cyclic esters (lactones) is 1. The molecule has 1 aromatic carbocycles. The molecule has 0 amide bonds. The van der Waals surface area contributed by atoms with Gasteiger partial charge in [0.2, 0.25) is 0 Å². The summed E-state index contributed by atoms with van der Waals surface area (Å²) in [4.78, 5) is 24.0. The van der Waals surface area contributed by atoms with E-state index in [-0.39, 0.29) is 40.7 Å². The van der Waals surface area contributed by atoms with Crippen LogP contribution >= 0.6 is 0 Å². The SMILES string of the molecule is CC(=O)OC1CC(C)C(O)(CCC2=CC(=O)OC2)C2(CCCC(C)CCCc3ccccc3)CCCC(C)(C)C12. The maximum atomic E-state index is 12.8. The number of rotatable bonds is 12. The molecule has 0 saturated heterocycles. The lowest BCUT2D eigenvalue weighted by molar-refractivity contribution is -0.259. The van der Waals surface area contributed by atoms with Crippen molar-refractivity contribution in [3.8, 4) is 0 Å². The zero-order valence-electron chi connectivity index (χ0n) is 25.5. The number of fused-ring (bicyclic) bond motifs is 1. The van der Waals surface area contributed by atoms with E-state index in [4.69, 9.17) is 9.47 Å². The van der Waals surface area contributed by atoms with Crippen molar-refractivity contribution >= 4 is 11.9 Å². The third kappa shape index (κ3) is 6.66. The Balaban J connectivity index is 1.53. The van der Waals surface area contributed by atoms with Gasteiger partial charge in [-0.25, -0.2) is 4.79 Å². The van der Waals surface area contributed by atoms with E-state index in [1.54, 1.807) is 6.08 Å². The lowest BCUT2D eigenvalue weighted by Crippen LogP contribution is -2.68. The van der Waals surface area contributed by atoms with Gasteiger partial charge in [-0.15, -0.1) is 0 Å². The number of aryl methyl sites for hydroxylation is 1. The Morgan fingerprint density at radius 3 is 2.50 bits per heavy atom. The molecule has 2 saturated carbocycles. The number of ether oxygens (including phenoxy) is 2. The van der Waals surface area contributed by atoms with Crippen LogP contribution in [0.2, 0.25) is 0 Å². The summed E-state index contributed by atoms with van der Waals surface area (Å²) in [6.07, 6.45) is 13.1. The molecule has 0 radical (unpaired) electrons. The quantitative estimate of drug-likeness (QED) is 0.270. The van der Waals surface area contributed by atoms with Crippen LogP contribution in [-0.4, -0.2) is 35.4 Å². The first-order valence-electron chi connectivity index (χ1n) is 15.8. The maximum Gasteiger partial charge on any atom is 0.331 e. The second-order valence-corrected chi connectivity index (χ2v) is 14.0. The number of esters is 2. The smallest absolute Gasteiger partial charge is 0.331 e. The average molecular weight is 553 g/mol. The monoisotopic (exact) mass is 552 g/mol. The molecule has 222 valence electrons. The van der Waals surface area contributed by atoms with Gasteiger partial charge >= 0.3 is 11.9 Å². The summed E-state index contributed by atoms with van der Waals surface area (Å²) in [5.41, 5.74) is 1.11. The lowest BCUT2D eigenvalue weighted by Gasteiger charge is -2.66. The normalized spacial score (nSPS) is 32.1. The van der Waals surface area contributed by atoms with Gasteiger partial charge < -0.3 is 14.6 Å². The molecule has 3 aliphatic rings. The van der Waals surface area contributed by atoms with Gasteiger partial charge in [0.05, 0.1) is 5.60 Å². The van der Waals surface area contributed by atoms with Crippen LogP contribution in [-0.2, 0) is 25.5 Å². The molecule has 2 aliphatic carbocycles. The average Bonchev–Trinajstić information content (AvgIpc) is 3.31. The Morgan fingerprint density at radius 1 is 1.10 bits per heavy atom. The van der Waals surface area contributed by atoms with Crippen molar-refractivity contribution in [3.63, 3.8) is 0 Å². The van der Waals surface area contributed by atoms with Crippen LogP contribution in [0.4, 0.5) is 0 Å². The van der Waals surface area contributed by atoms with Crippen molar-refractivity contribution < 1.29 is 24.2 Å². The summed E-state index contributed by atoms with van der Waals surface area (Å²) in [6.45, 7) is 11.0. The Hall–Kier alpha value is -2.14. The third-order valence-electron chi connectivity index (χ3n) is 10.7. The minimum atomic E-state index is -0.894. The van der Waals surface area contributed by atoms with Crippen molar-refractivity contribution in [2.75, 3.05) is 6.61 Å². The van der Waals surface area contributed by atoms with Gasteiger partial charge in [-0.2, -0.15) is 0 Å². The van der Waals surface area contributed by atoms with Gasteiger partial charge in [0.15, 0.2) is 0 Å². The molecule has 4 rings (SSSR count). The van der Waals surface area contributed by atoms with E-state index in [9.17, 15) is 14.7 Å². The fraction of sp³-hybridized carbons (Fsp3) is 0.714. The summed E-state index contributed by atoms with van der Waals surface area (Å²) < 4.78 is 11.2. The fourth-order valence-corrected chi connectivity index (χ4v) is 8.87. The summed E-state index contributed by atoms with van der Waals surface area (Å²) in [7, 11) is 0. The van der Waals surface area contributed by atoms with Gasteiger partial charge in [0, 0.05) is 24.3 Å². The highest BCUT2D eigenvalue weighted by Gasteiger charge is 2.66. The first-order valence-corrected chi connectivity index (χ1v) is 15.8. The Kier molecular flexibility index (Phi) is 9.86. The van der Waals surface area contributed by atoms with Crippen LogP contribution in [0.25, 0.3) is 0 Å². The van der Waals surface area contributed by atoms with Gasteiger partial charge in [0.25, 0.3) is 0 Å². The number of aliphatic hydroxyl groups is 1. The highest BCUT2D eigenvalue weighted by molar-refractivity contribution is 5.85. The molecular formula is C35H52O5. The highest BCUT2D eigenvalue weighted by atomic mass is 16.5. The predicted octanol–water partition coefficient (Wildman–Crippen LogP) is 7.59. The van der Waals surface area contributed by atoms with Crippen molar-refractivity contribution in [2.45, 2.75) is 123 Å². The minimum Gasteiger partial charge on any atom is -0.462 e. The zero-order chi connectivity index (χ0) is 29.0. The number of benzene rings is 1. The molecule has 1 aliphatic heterocycles. The van der Waals surface area contributed by atoms with Gasteiger partial charge in [-0.3, -0.25) is 4.79 Å². The number of carbonyl (C=O) groups excluding carboxylic acids is 2. The summed E-state index contributed by atoms with van der Waals surface area (Å²) >= 11 is 0. The summed E-state index contributed by atoms with van der Waals surface area (Å²) in [5.74, 6) is 0.213. The number of carbonyl (C=O) groups is 2. The molecule has 0 spiro atoms. The molecule has 1 aromatic rings. The molecule has 6 unspecified atom stereocenters. The van der Waals surface area contributed by atoms with Crippen LogP contribution in [0, 0.1) is 28.6 Å². The molecule has 6 atom stereocenters. The van der Waals surface area contributed by atoms with Gasteiger partial charge in [0.1, 0.15) is 12.7 Å². The van der Waals surface area contributed by atoms with Crippen molar-refractivity contribution in [3.05, 3.63) is 47.5 Å². The minimum absolute atomic E-state index is 0.0103. The standard InChI is InChI=1S/C35H52O5/c1-25(12-9-16-28-14-7-6-8-15-28)13-10-19-34-20-11-18-33(4,5)32(34)30(40-27(3)36)22-26(2)35(34,38)21-17-29-23-31(37)39-24-29/h6-8,14-15,23,25-26,30,32,38H,9-13,16-22,24H2,1-5H3. The van der Waals surface area contributed by atoms with Gasteiger partial charge in [-0.05, 0) is 79.8 Å². The highest BCUT2D eigenvalue weighted by Crippen LogP contribution is 2.66. The number of hydrogen-bond donors (Lipinski definition) is 1. The van der Waals surface area contributed by atoms with Crippen LogP contribution in [0.3, 0.4) is 0 Å². The lowest BCUT2D eigenvalue weighted by atomic mass is 9.41. The van der Waals surface area contributed by atoms with Crippen molar-refractivity contribution in [2.24, 2.45) is 28.6 Å². The van der Waals surface area contributed by atoms with Crippen LogP contribution in [0.5, 0.6) is 0 Å². The fourth-order valence-electron chi connectivity index (χ4n) is 8.87. The van der Waals surface area contributed by atoms with Crippen LogP contribution in [0.15, 0.2) is 42.0 Å². The van der Waals surface area contributed by atoms with Gasteiger partial charge in [-0.1, -0.05) is 83.7 Å². The first-order chi connectivity index (χ1) is 19.0. The zero-order valence-corrected chi connectivity index (χ0v) is 25.5. The Bertz CT molecular complexity index is 1050. The van der Waals surface area contributed by atoms with E-state index in [2.05, 4.69) is 58.0 Å². The van der Waals surface area contributed by atoms with E-state index in [1.807, 2.05) is 0 Å².